The van der Waals surface area contributed by atoms with Crippen LogP contribution in [0.25, 0.3) is 10.2 Å². The molecule has 0 aliphatic heterocycles. The molecule has 8 heteroatoms. The van der Waals surface area contributed by atoms with E-state index in [2.05, 4.69) is 4.37 Å². The van der Waals surface area contributed by atoms with Gasteiger partial charge >= 0.3 is 0 Å². The molecule has 2 N–H and O–H groups in total. The second-order valence-electron chi connectivity index (χ2n) is 8.73. The number of amides is 1. The van der Waals surface area contributed by atoms with Gasteiger partial charge in [-0.15, -0.1) is 0 Å². The number of benzene rings is 2. The fraction of sp³-hybridized carbons (Fsp3) is 0.333. The Balaban J connectivity index is 1.86. The lowest BCUT2D eigenvalue weighted by atomic mass is 10.1. The summed E-state index contributed by atoms with van der Waals surface area (Å²) in [5.41, 5.74) is 9.08. The van der Waals surface area contributed by atoms with Crippen LogP contribution >= 0.6 is 11.5 Å². The second kappa shape index (κ2) is 10.9. The van der Waals surface area contributed by atoms with Crippen molar-refractivity contribution >= 4 is 27.7 Å². The van der Waals surface area contributed by atoms with Crippen LogP contribution in [0.15, 0.2) is 59.4 Å². The van der Waals surface area contributed by atoms with E-state index in [1.807, 2.05) is 80.3 Å². The summed E-state index contributed by atoms with van der Waals surface area (Å²) in [7, 11) is 0. The van der Waals surface area contributed by atoms with Crippen molar-refractivity contribution in [3.8, 4) is 0 Å². The molecule has 4 aromatic rings. The largest absolute Gasteiger partial charge is 0.330 e. The van der Waals surface area contributed by atoms with Gasteiger partial charge in [0.05, 0.1) is 23.7 Å². The molecule has 182 valence electrons. The lowest BCUT2D eigenvalue weighted by molar-refractivity contribution is 0.0656. The van der Waals surface area contributed by atoms with Gasteiger partial charge in [-0.3, -0.25) is 14.2 Å². The SMILES string of the molecule is CC[C@H](c1nc2snc(C)c2c(=O)n1Cc1ccccc1)N(CCCN)C(=O)c1ccc(C)cc1. The van der Waals surface area contributed by atoms with E-state index in [9.17, 15) is 9.59 Å². The first-order chi connectivity index (χ1) is 16.9. The number of rotatable bonds is 9. The Morgan fingerprint density at radius 3 is 2.49 bits per heavy atom. The van der Waals surface area contributed by atoms with Gasteiger partial charge in [-0.2, -0.15) is 4.37 Å². The number of hydrogen-bond acceptors (Lipinski definition) is 6. The minimum absolute atomic E-state index is 0.0913. The molecule has 35 heavy (non-hydrogen) atoms. The third-order valence-electron chi connectivity index (χ3n) is 6.20. The highest BCUT2D eigenvalue weighted by Gasteiger charge is 2.29. The van der Waals surface area contributed by atoms with Gasteiger partial charge in [-0.25, -0.2) is 4.98 Å². The predicted octanol–water partition coefficient (Wildman–Crippen LogP) is 4.46. The Morgan fingerprint density at radius 2 is 1.83 bits per heavy atom. The molecule has 7 nitrogen and oxygen atoms in total. The van der Waals surface area contributed by atoms with E-state index >= 15 is 0 Å². The van der Waals surface area contributed by atoms with Crippen molar-refractivity contribution in [3.05, 3.63) is 93.2 Å². The molecule has 0 fully saturated rings. The summed E-state index contributed by atoms with van der Waals surface area (Å²) in [4.78, 5) is 34.8. The van der Waals surface area contributed by atoms with Crippen LogP contribution in [0.1, 0.15) is 58.8 Å². The maximum atomic E-state index is 13.7. The topological polar surface area (TPSA) is 94.1 Å². The Kier molecular flexibility index (Phi) is 7.73. The van der Waals surface area contributed by atoms with Gasteiger partial charge in [0.15, 0.2) is 4.83 Å². The zero-order valence-electron chi connectivity index (χ0n) is 20.4. The first kappa shape index (κ1) is 24.8. The summed E-state index contributed by atoms with van der Waals surface area (Å²) >= 11 is 1.22. The fourth-order valence-corrected chi connectivity index (χ4v) is 5.10. The molecule has 0 spiro atoms. The van der Waals surface area contributed by atoms with E-state index in [1.54, 1.807) is 4.57 Å². The molecule has 1 amide bonds. The van der Waals surface area contributed by atoms with Crippen LogP contribution in [-0.4, -0.2) is 37.8 Å². The average Bonchev–Trinajstić information content (AvgIpc) is 3.25. The smallest absolute Gasteiger partial charge is 0.264 e. The third-order valence-corrected chi connectivity index (χ3v) is 7.04. The van der Waals surface area contributed by atoms with Crippen LogP contribution in [0.4, 0.5) is 0 Å². The predicted molar refractivity (Wildman–Crippen MR) is 141 cm³/mol. The highest BCUT2D eigenvalue weighted by molar-refractivity contribution is 7.12. The number of hydrogen-bond donors (Lipinski definition) is 1. The van der Waals surface area contributed by atoms with Gasteiger partial charge in [0.2, 0.25) is 0 Å². The molecular weight excluding hydrogens is 458 g/mol. The van der Waals surface area contributed by atoms with E-state index in [1.165, 1.54) is 11.5 Å². The lowest BCUT2D eigenvalue weighted by Crippen LogP contribution is -2.40. The number of carbonyl (C=O) groups is 1. The number of nitrogens with two attached hydrogens (primary N) is 1. The summed E-state index contributed by atoms with van der Waals surface area (Å²) in [5, 5.41) is 0.544. The van der Waals surface area contributed by atoms with Gasteiger partial charge in [-0.1, -0.05) is 55.0 Å². The van der Waals surface area contributed by atoms with Crippen molar-refractivity contribution < 1.29 is 4.79 Å². The molecule has 2 aromatic heterocycles. The molecule has 4 rings (SSSR count). The van der Waals surface area contributed by atoms with Gasteiger partial charge in [-0.05, 0) is 62.5 Å². The van der Waals surface area contributed by atoms with E-state index < -0.39 is 6.04 Å². The molecular formula is C27H31N5O2S. The van der Waals surface area contributed by atoms with Crippen LogP contribution < -0.4 is 11.3 Å². The highest BCUT2D eigenvalue weighted by Crippen LogP contribution is 2.28. The molecule has 0 saturated heterocycles. The summed E-state index contributed by atoms with van der Waals surface area (Å²) < 4.78 is 6.10. The lowest BCUT2D eigenvalue weighted by Gasteiger charge is -2.32. The van der Waals surface area contributed by atoms with Gasteiger partial charge in [0, 0.05) is 12.1 Å². The zero-order valence-corrected chi connectivity index (χ0v) is 21.2. The highest BCUT2D eigenvalue weighted by atomic mass is 32.1. The normalized spacial score (nSPS) is 12.1. The first-order valence-electron chi connectivity index (χ1n) is 11.9. The molecule has 2 heterocycles. The molecule has 0 unspecified atom stereocenters. The van der Waals surface area contributed by atoms with Crippen LogP contribution in [0.5, 0.6) is 0 Å². The van der Waals surface area contributed by atoms with Gasteiger partial charge in [0.1, 0.15) is 5.82 Å². The van der Waals surface area contributed by atoms with Crippen molar-refractivity contribution in [2.75, 3.05) is 13.1 Å². The molecule has 1 atom stereocenters. The molecule has 0 aliphatic carbocycles. The molecule has 0 bridgehead atoms. The summed E-state index contributed by atoms with van der Waals surface area (Å²) in [5.74, 6) is 0.487. The van der Waals surface area contributed by atoms with E-state index in [-0.39, 0.29) is 11.5 Å². The Bertz CT molecular complexity index is 1360. The quantitative estimate of drug-likeness (QED) is 0.375. The molecule has 2 aromatic carbocycles. The van der Waals surface area contributed by atoms with Gasteiger partial charge in [0.25, 0.3) is 11.5 Å². The zero-order chi connectivity index (χ0) is 24.9. The molecule has 0 aliphatic rings. The van der Waals surface area contributed by atoms with Crippen LogP contribution in [0, 0.1) is 13.8 Å². The Hall–Kier alpha value is -3.36. The molecule has 0 radical (unpaired) electrons. The summed E-state index contributed by atoms with van der Waals surface area (Å²) in [6.45, 7) is 7.15. The van der Waals surface area contributed by atoms with E-state index in [0.717, 1.165) is 11.1 Å². The standard InChI is InChI=1S/C27H31N5O2S/c1-4-22(31(16-8-15-28)26(33)21-13-11-18(2)12-14-21)24-29-25-23(19(3)30-35-25)27(34)32(24)17-20-9-6-5-7-10-20/h5-7,9-14,22H,4,8,15-17,28H2,1-3H3/t22-/m1/s1. The number of aromatic nitrogens is 3. The van der Waals surface area contributed by atoms with E-state index in [4.69, 9.17) is 10.7 Å². The Labute approximate surface area is 209 Å². The summed E-state index contributed by atoms with van der Waals surface area (Å²) in [6, 6.07) is 17.0. The minimum atomic E-state index is -0.390. The molecule has 0 saturated carbocycles. The first-order valence-corrected chi connectivity index (χ1v) is 12.7. The average molecular weight is 490 g/mol. The van der Waals surface area contributed by atoms with Crippen molar-refractivity contribution in [1.82, 2.24) is 18.8 Å². The van der Waals surface area contributed by atoms with Crippen LogP contribution in [-0.2, 0) is 6.54 Å². The second-order valence-corrected chi connectivity index (χ2v) is 9.48. The monoisotopic (exact) mass is 489 g/mol. The fourth-order valence-electron chi connectivity index (χ4n) is 4.32. The summed E-state index contributed by atoms with van der Waals surface area (Å²) in [6.07, 6.45) is 1.26. The van der Waals surface area contributed by atoms with Crippen molar-refractivity contribution in [1.29, 1.82) is 0 Å². The number of nitrogens with zero attached hydrogens (tertiary/aromatic N) is 4. The van der Waals surface area contributed by atoms with E-state index in [0.29, 0.717) is 59.8 Å². The minimum Gasteiger partial charge on any atom is -0.330 e. The number of carbonyl (C=O) groups excluding carboxylic acids is 1. The number of aryl methyl sites for hydroxylation is 2. The van der Waals surface area contributed by atoms with Gasteiger partial charge < -0.3 is 10.6 Å². The maximum Gasteiger partial charge on any atom is 0.264 e. The van der Waals surface area contributed by atoms with Crippen molar-refractivity contribution in [2.45, 2.75) is 46.2 Å². The Morgan fingerprint density at radius 1 is 1.11 bits per heavy atom. The van der Waals surface area contributed by atoms with Crippen molar-refractivity contribution in [2.24, 2.45) is 5.73 Å². The van der Waals surface area contributed by atoms with Crippen LogP contribution in [0.3, 0.4) is 0 Å². The number of fused-ring (bicyclic) bond motifs is 1. The maximum absolute atomic E-state index is 13.7. The van der Waals surface area contributed by atoms with Crippen molar-refractivity contribution in [3.63, 3.8) is 0 Å². The third kappa shape index (κ3) is 5.18. The van der Waals surface area contributed by atoms with Crippen LogP contribution in [0.2, 0.25) is 0 Å².